The van der Waals surface area contributed by atoms with Gasteiger partial charge in [-0.05, 0) is 12.8 Å². The van der Waals surface area contributed by atoms with E-state index >= 15 is 0 Å². The van der Waals surface area contributed by atoms with Gasteiger partial charge in [0.05, 0.1) is 19.3 Å². The van der Waals surface area contributed by atoms with Crippen LogP contribution in [0.2, 0.25) is 0 Å². The molecule has 0 spiro atoms. The molecule has 0 aromatic rings. The quantitative estimate of drug-likeness (QED) is 0.615. The smallest absolute Gasteiger partial charge is 0.0851 e. The molecule has 0 saturated heterocycles. The van der Waals surface area contributed by atoms with Crippen LogP contribution in [-0.4, -0.2) is 36.6 Å². The molecule has 0 heterocycles. The van der Waals surface area contributed by atoms with Crippen molar-refractivity contribution < 1.29 is 14.9 Å². The van der Waals surface area contributed by atoms with E-state index in [-0.39, 0.29) is 12.0 Å². The summed E-state index contributed by atoms with van der Waals surface area (Å²) in [7, 11) is 1.56. The van der Waals surface area contributed by atoms with Gasteiger partial charge in [-0.2, -0.15) is 0 Å². The van der Waals surface area contributed by atoms with Crippen molar-refractivity contribution in [3.8, 4) is 0 Å². The lowest BCUT2D eigenvalue weighted by Crippen LogP contribution is -2.46. The molecule has 11 heavy (non-hydrogen) atoms. The fourth-order valence-electron chi connectivity index (χ4n) is 1.56. The Balaban J connectivity index is 2.40. The Morgan fingerprint density at radius 2 is 2.18 bits per heavy atom. The molecule has 66 valence electrons. The van der Waals surface area contributed by atoms with E-state index in [1.54, 1.807) is 7.11 Å². The van der Waals surface area contributed by atoms with Gasteiger partial charge in [-0.3, -0.25) is 0 Å². The second kappa shape index (κ2) is 3.52. The highest BCUT2D eigenvalue weighted by Gasteiger charge is 2.42. The Kier molecular flexibility index (Phi) is 2.87. The third-order valence-electron chi connectivity index (χ3n) is 2.70. The third-order valence-corrected chi connectivity index (χ3v) is 2.70. The third kappa shape index (κ3) is 1.55. The van der Waals surface area contributed by atoms with Gasteiger partial charge in [-0.25, -0.2) is 0 Å². The Labute approximate surface area is 67.0 Å². The molecule has 0 aromatic carbocycles. The van der Waals surface area contributed by atoms with Crippen LogP contribution in [-0.2, 0) is 4.74 Å². The number of aliphatic hydroxyl groups is 2. The molecule has 0 bridgehead atoms. The van der Waals surface area contributed by atoms with E-state index in [1.807, 2.05) is 0 Å². The second-order valence-electron chi connectivity index (χ2n) is 3.35. The predicted molar refractivity (Wildman–Crippen MR) is 41.3 cm³/mol. The van der Waals surface area contributed by atoms with Gasteiger partial charge in [0.1, 0.15) is 0 Å². The standard InChI is InChI=1S/C8H16O3/c1-11-5-7(10)8(6-9)3-2-4-8/h7,9-10H,2-6H2,1H3/t7-/m1/s1. The van der Waals surface area contributed by atoms with Crippen LogP contribution in [0.1, 0.15) is 19.3 Å². The van der Waals surface area contributed by atoms with Crippen molar-refractivity contribution in [2.45, 2.75) is 25.4 Å². The zero-order valence-corrected chi connectivity index (χ0v) is 6.92. The summed E-state index contributed by atoms with van der Waals surface area (Å²) >= 11 is 0. The monoisotopic (exact) mass is 160 g/mol. The van der Waals surface area contributed by atoms with Gasteiger partial charge in [0.2, 0.25) is 0 Å². The first-order valence-corrected chi connectivity index (χ1v) is 4.03. The van der Waals surface area contributed by atoms with Gasteiger partial charge in [-0.15, -0.1) is 0 Å². The molecule has 0 amide bonds. The lowest BCUT2D eigenvalue weighted by molar-refractivity contribution is -0.0980. The molecule has 1 aliphatic carbocycles. The number of rotatable bonds is 4. The minimum atomic E-state index is -0.494. The Hall–Kier alpha value is -0.120. The lowest BCUT2D eigenvalue weighted by atomic mass is 9.66. The molecule has 0 aromatic heterocycles. The molecule has 3 nitrogen and oxygen atoms in total. The van der Waals surface area contributed by atoms with Crippen LogP contribution in [0.5, 0.6) is 0 Å². The Bertz CT molecular complexity index is 115. The van der Waals surface area contributed by atoms with Crippen LogP contribution in [0, 0.1) is 5.41 Å². The van der Waals surface area contributed by atoms with Gasteiger partial charge >= 0.3 is 0 Å². The number of aliphatic hydroxyl groups excluding tert-OH is 2. The van der Waals surface area contributed by atoms with Crippen LogP contribution < -0.4 is 0 Å². The summed E-state index contributed by atoms with van der Waals surface area (Å²) in [5.41, 5.74) is -0.240. The summed E-state index contributed by atoms with van der Waals surface area (Å²) < 4.78 is 4.83. The van der Waals surface area contributed by atoms with E-state index in [4.69, 9.17) is 9.84 Å². The van der Waals surface area contributed by atoms with Crippen molar-refractivity contribution in [1.29, 1.82) is 0 Å². The van der Waals surface area contributed by atoms with Gasteiger partial charge in [0.15, 0.2) is 0 Å². The molecule has 1 saturated carbocycles. The summed E-state index contributed by atoms with van der Waals surface area (Å²) in [4.78, 5) is 0. The Morgan fingerprint density at radius 3 is 2.45 bits per heavy atom. The molecule has 0 radical (unpaired) electrons. The number of methoxy groups -OCH3 is 1. The van der Waals surface area contributed by atoms with Crippen LogP contribution in [0.3, 0.4) is 0 Å². The van der Waals surface area contributed by atoms with E-state index in [0.29, 0.717) is 6.61 Å². The normalized spacial score (nSPS) is 24.3. The highest BCUT2D eigenvalue weighted by atomic mass is 16.5. The van der Waals surface area contributed by atoms with Crippen LogP contribution in [0.15, 0.2) is 0 Å². The average molecular weight is 160 g/mol. The molecular formula is C8H16O3. The summed E-state index contributed by atoms with van der Waals surface area (Å²) in [6, 6.07) is 0. The largest absolute Gasteiger partial charge is 0.396 e. The molecule has 1 atom stereocenters. The van der Waals surface area contributed by atoms with E-state index in [2.05, 4.69) is 0 Å². The molecule has 1 rings (SSSR count). The first kappa shape index (κ1) is 8.97. The fraction of sp³-hybridized carbons (Fsp3) is 1.00. The average Bonchev–Trinajstić information content (AvgIpc) is 1.87. The summed E-state index contributed by atoms with van der Waals surface area (Å²) in [5.74, 6) is 0. The maximum absolute atomic E-state index is 9.53. The number of hydrogen-bond donors (Lipinski definition) is 2. The van der Waals surface area contributed by atoms with E-state index in [1.165, 1.54) is 0 Å². The highest BCUT2D eigenvalue weighted by molar-refractivity contribution is 4.92. The molecule has 0 unspecified atom stereocenters. The van der Waals surface area contributed by atoms with Crippen LogP contribution in [0.25, 0.3) is 0 Å². The molecule has 3 heteroatoms. The van der Waals surface area contributed by atoms with Gasteiger partial charge in [-0.1, -0.05) is 6.42 Å². The molecule has 1 aliphatic rings. The summed E-state index contributed by atoms with van der Waals surface area (Å²) in [5, 5.41) is 18.6. The fourth-order valence-corrected chi connectivity index (χ4v) is 1.56. The maximum atomic E-state index is 9.53. The van der Waals surface area contributed by atoms with Gasteiger partial charge < -0.3 is 14.9 Å². The van der Waals surface area contributed by atoms with Crippen molar-refractivity contribution in [2.75, 3.05) is 20.3 Å². The Morgan fingerprint density at radius 1 is 1.55 bits per heavy atom. The topological polar surface area (TPSA) is 49.7 Å². The zero-order valence-electron chi connectivity index (χ0n) is 6.92. The highest BCUT2D eigenvalue weighted by Crippen LogP contribution is 2.43. The minimum Gasteiger partial charge on any atom is -0.396 e. The van der Waals surface area contributed by atoms with E-state index in [0.717, 1.165) is 19.3 Å². The summed E-state index contributed by atoms with van der Waals surface area (Å²) in [6.45, 7) is 0.415. The lowest BCUT2D eigenvalue weighted by Gasteiger charge is -2.43. The van der Waals surface area contributed by atoms with Crippen LogP contribution in [0.4, 0.5) is 0 Å². The van der Waals surface area contributed by atoms with Gasteiger partial charge in [0.25, 0.3) is 0 Å². The molecular weight excluding hydrogens is 144 g/mol. The van der Waals surface area contributed by atoms with E-state index < -0.39 is 6.10 Å². The van der Waals surface area contributed by atoms with Gasteiger partial charge in [0, 0.05) is 12.5 Å². The number of ether oxygens (including phenoxy) is 1. The van der Waals surface area contributed by atoms with Crippen molar-refractivity contribution in [3.05, 3.63) is 0 Å². The molecule has 2 N–H and O–H groups in total. The predicted octanol–water partition coefficient (Wildman–Crippen LogP) is 0.156. The van der Waals surface area contributed by atoms with Crippen molar-refractivity contribution in [3.63, 3.8) is 0 Å². The summed E-state index contributed by atoms with van der Waals surface area (Å²) in [6.07, 6.45) is 2.47. The van der Waals surface area contributed by atoms with E-state index in [9.17, 15) is 5.11 Å². The van der Waals surface area contributed by atoms with Crippen molar-refractivity contribution in [1.82, 2.24) is 0 Å². The SMILES string of the molecule is COC[C@@H](O)C1(CO)CCC1. The zero-order chi connectivity index (χ0) is 8.32. The maximum Gasteiger partial charge on any atom is 0.0851 e. The number of hydrogen-bond acceptors (Lipinski definition) is 3. The molecule has 1 fully saturated rings. The first-order chi connectivity index (χ1) is 5.25. The second-order valence-corrected chi connectivity index (χ2v) is 3.35. The molecule has 0 aliphatic heterocycles. The first-order valence-electron chi connectivity index (χ1n) is 4.03. The van der Waals surface area contributed by atoms with Crippen molar-refractivity contribution >= 4 is 0 Å². The van der Waals surface area contributed by atoms with Crippen LogP contribution >= 0.6 is 0 Å². The minimum absolute atomic E-state index is 0.0809. The van der Waals surface area contributed by atoms with Crippen molar-refractivity contribution in [2.24, 2.45) is 5.41 Å².